The fourth-order valence-corrected chi connectivity index (χ4v) is 3.04. The molecule has 106 valence electrons. The number of anilines is 2. The lowest BCUT2D eigenvalue weighted by Crippen LogP contribution is -2.15. The van der Waals surface area contributed by atoms with Gasteiger partial charge in [-0.2, -0.15) is 0 Å². The van der Waals surface area contributed by atoms with Gasteiger partial charge >= 0.3 is 0 Å². The van der Waals surface area contributed by atoms with Crippen molar-refractivity contribution in [2.24, 2.45) is 0 Å². The van der Waals surface area contributed by atoms with Crippen LogP contribution >= 0.6 is 0 Å². The molecule has 0 amide bonds. The number of hydrogen-bond acceptors (Lipinski definition) is 5. The van der Waals surface area contributed by atoms with Gasteiger partial charge in [0.1, 0.15) is 4.90 Å². The minimum absolute atomic E-state index is 0.0139. The second kappa shape index (κ2) is 5.02. The smallest absolute Gasteiger partial charge is 0.265 e. The first-order valence-electron chi connectivity index (χ1n) is 6.15. The number of nitrogens with two attached hydrogens (primary N) is 1. The van der Waals surface area contributed by atoms with Crippen LogP contribution in [0.4, 0.5) is 11.5 Å². The van der Waals surface area contributed by atoms with E-state index in [1.165, 1.54) is 18.3 Å². The predicted molar refractivity (Wildman–Crippen MR) is 81.2 cm³/mol. The first-order chi connectivity index (χ1) is 10.1. The molecule has 0 radical (unpaired) electrons. The molecular weight excluding hydrogens is 288 g/mol. The second-order valence-electron chi connectivity index (χ2n) is 4.39. The number of nitrogen functional groups attached to an aromatic ring is 1. The molecule has 3 N–H and O–H groups in total. The number of sulfonamides is 1. The molecule has 0 spiro atoms. The molecule has 0 aliphatic carbocycles. The summed E-state index contributed by atoms with van der Waals surface area (Å²) in [5.74, 6) is 0.150. The van der Waals surface area contributed by atoms with Gasteiger partial charge in [0.15, 0.2) is 5.82 Å². The highest BCUT2D eigenvalue weighted by atomic mass is 32.2. The first kappa shape index (κ1) is 13.3. The van der Waals surface area contributed by atoms with Gasteiger partial charge in [0.25, 0.3) is 10.0 Å². The Kier molecular flexibility index (Phi) is 3.19. The summed E-state index contributed by atoms with van der Waals surface area (Å²) in [6, 6.07) is 13.5. The highest BCUT2D eigenvalue weighted by molar-refractivity contribution is 7.92. The Morgan fingerprint density at radius 3 is 2.38 bits per heavy atom. The van der Waals surface area contributed by atoms with Crippen LogP contribution in [0.15, 0.2) is 59.6 Å². The zero-order valence-electron chi connectivity index (χ0n) is 10.9. The topological polar surface area (TPSA) is 98.0 Å². The third kappa shape index (κ3) is 2.63. The number of benzene rings is 2. The number of rotatable bonds is 3. The molecule has 0 saturated heterocycles. The van der Waals surface area contributed by atoms with Gasteiger partial charge in [0, 0.05) is 0 Å². The third-order valence-corrected chi connectivity index (χ3v) is 4.32. The summed E-state index contributed by atoms with van der Waals surface area (Å²) in [6.07, 6.45) is 1.37. The molecule has 0 atom stereocenters. The summed E-state index contributed by atoms with van der Waals surface area (Å²) >= 11 is 0. The largest absolute Gasteiger partial charge is 0.398 e. The van der Waals surface area contributed by atoms with Crippen molar-refractivity contribution in [3.8, 4) is 0 Å². The maximum absolute atomic E-state index is 12.3. The van der Waals surface area contributed by atoms with Crippen LogP contribution in [0, 0.1) is 0 Å². The quantitative estimate of drug-likeness (QED) is 0.721. The summed E-state index contributed by atoms with van der Waals surface area (Å²) in [4.78, 5) is 8.40. The monoisotopic (exact) mass is 300 g/mol. The molecule has 3 aromatic rings. The minimum Gasteiger partial charge on any atom is -0.398 e. The van der Waals surface area contributed by atoms with Gasteiger partial charge in [-0.05, 0) is 24.3 Å². The molecule has 0 saturated carbocycles. The number of fused-ring (bicyclic) bond motifs is 1. The summed E-state index contributed by atoms with van der Waals surface area (Å²) in [6.45, 7) is 0. The predicted octanol–water partition coefficient (Wildman–Crippen LogP) is 2.01. The molecule has 3 rings (SSSR count). The average Bonchev–Trinajstić information content (AvgIpc) is 2.47. The fraction of sp³-hybridized carbons (Fsp3) is 0. The minimum atomic E-state index is -3.79. The highest BCUT2D eigenvalue weighted by Crippen LogP contribution is 2.20. The third-order valence-electron chi connectivity index (χ3n) is 2.90. The van der Waals surface area contributed by atoms with Gasteiger partial charge in [-0.15, -0.1) is 0 Å². The lowest BCUT2D eigenvalue weighted by Gasteiger charge is -2.09. The Morgan fingerprint density at radius 1 is 0.952 bits per heavy atom. The summed E-state index contributed by atoms with van der Waals surface area (Å²) in [5, 5.41) is 0. The standard InChI is InChI=1S/C14H12N4O2S/c15-10-5-1-4-8-13(10)21(19,20)18-14-9-16-11-6-2-3-7-12(11)17-14/h1-9H,15H2,(H,17,18). The van der Waals surface area contributed by atoms with Crippen molar-refractivity contribution in [3.63, 3.8) is 0 Å². The Labute approximate surface area is 121 Å². The van der Waals surface area contributed by atoms with E-state index in [-0.39, 0.29) is 16.4 Å². The van der Waals surface area contributed by atoms with Crippen molar-refractivity contribution in [2.45, 2.75) is 4.90 Å². The van der Waals surface area contributed by atoms with E-state index in [9.17, 15) is 8.42 Å². The molecule has 1 aromatic heterocycles. The van der Waals surface area contributed by atoms with E-state index in [1.807, 2.05) is 12.1 Å². The molecule has 1 heterocycles. The Morgan fingerprint density at radius 2 is 1.62 bits per heavy atom. The lowest BCUT2D eigenvalue weighted by molar-refractivity contribution is 0.601. The number of nitrogens with one attached hydrogen (secondary N) is 1. The molecule has 7 heteroatoms. The van der Waals surface area contributed by atoms with Crippen LogP contribution in [0.2, 0.25) is 0 Å². The van der Waals surface area contributed by atoms with E-state index in [0.717, 1.165) is 0 Å². The Bertz CT molecular complexity index is 910. The summed E-state index contributed by atoms with van der Waals surface area (Å²) in [5.41, 5.74) is 7.18. The van der Waals surface area contributed by atoms with Crippen LogP contribution in [-0.2, 0) is 10.0 Å². The number of hydrogen-bond donors (Lipinski definition) is 2. The number of aromatic nitrogens is 2. The molecule has 0 unspecified atom stereocenters. The van der Waals surface area contributed by atoms with Gasteiger partial charge in [-0.1, -0.05) is 24.3 Å². The van der Waals surface area contributed by atoms with E-state index in [4.69, 9.17) is 5.73 Å². The Hall–Kier alpha value is -2.67. The molecule has 0 aliphatic heterocycles. The van der Waals surface area contributed by atoms with Crippen LogP contribution in [0.5, 0.6) is 0 Å². The fourth-order valence-electron chi connectivity index (χ4n) is 1.92. The average molecular weight is 300 g/mol. The highest BCUT2D eigenvalue weighted by Gasteiger charge is 2.17. The summed E-state index contributed by atoms with van der Waals surface area (Å²) in [7, 11) is -3.79. The van der Waals surface area contributed by atoms with Gasteiger partial charge in [0.05, 0.1) is 22.9 Å². The molecular formula is C14H12N4O2S. The molecule has 0 aliphatic rings. The zero-order chi connectivity index (χ0) is 14.9. The van der Waals surface area contributed by atoms with Crippen LogP contribution in [0.3, 0.4) is 0 Å². The summed E-state index contributed by atoms with van der Waals surface area (Å²) < 4.78 is 27.0. The van der Waals surface area contributed by atoms with Gasteiger partial charge < -0.3 is 5.73 Å². The van der Waals surface area contributed by atoms with Gasteiger partial charge in [-0.3, -0.25) is 9.71 Å². The number of nitrogens with zero attached hydrogens (tertiary/aromatic N) is 2. The molecule has 0 bridgehead atoms. The van der Waals surface area contributed by atoms with E-state index in [0.29, 0.717) is 11.0 Å². The van der Waals surface area contributed by atoms with E-state index < -0.39 is 10.0 Å². The van der Waals surface area contributed by atoms with E-state index in [1.54, 1.807) is 24.3 Å². The van der Waals surface area contributed by atoms with Crippen LogP contribution < -0.4 is 10.5 Å². The van der Waals surface area contributed by atoms with E-state index >= 15 is 0 Å². The van der Waals surface area contributed by atoms with Crippen molar-refractivity contribution >= 4 is 32.6 Å². The van der Waals surface area contributed by atoms with Crippen molar-refractivity contribution in [1.82, 2.24) is 9.97 Å². The second-order valence-corrected chi connectivity index (χ2v) is 6.04. The zero-order valence-corrected chi connectivity index (χ0v) is 11.7. The van der Waals surface area contributed by atoms with E-state index in [2.05, 4.69) is 14.7 Å². The number of para-hydroxylation sites is 3. The molecule has 6 nitrogen and oxygen atoms in total. The maximum atomic E-state index is 12.3. The van der Waals surface area contributed by atoms with Crippen LogP contribution in [0.1, 0.15) is 0 Å². The Balaban J connectivity index is 1.99. The maximum Gasteiger partial charge on any atom is 0.265 e. The molecule has 2 aromatic carbocycles. The van der Waals surface area contributed by atoms with Gasteiger partial charge in [-0.25, -0.2) is 13.4 Å². The SMILES string of the molecule is Nc1ccccc1S(=O)(=O)Nc1cnc2ccccc2n1. The van der Waals surface area contributed by atoms with Crippen molar-refractivity contribution in [1.29, 1.82) is 0 Å². The van der Waals surface area contributed by atoms with Gasteiger partial charge in [0.2, 0.25) is 0 Å². The molecule has 21 heavy (non-hydrogen) atoms. The normalized spacial score (nSPS) is 11.4. The molecule has 0 fully saturated rings. The van der Waals surface area contributed by atoms with Crippen molar-refractivity contribution < 1.29 is 8.42 Å². The van der Waals surface area contributed by atoms with Crippen LogP contribution in [0.25, 0.3) is 11.0 Å². The van der Waals surface area contributed by atoms with Crippen molar-refractivity contribution in [2.75, 3.05) is 10.5 Å². The van der Waals surface area contributed by atoms with Crippen LogP contribution in [-0.4, -0.2) is 18.4 Å². The lowest BCUT2D eigenvalue weighted by atomic mass is 10.3. The first-order valence-corrected chi connectivity index (χ1v) is 7.64. The van der Waals surface area contributed by atoms with Crippen molar-refractivity contribution in [3.05, 3.63) is 54.7 Å².